The summed E-state index contributed by atoms with van der Waals surface area (Å²) >= 11 is 3.42. The predicted octanol–water partition coefficient (Wildman–Crippen LogP) is 5.42. The molecule has 0 bridgehead atoms. The molecule has 1 heterocycles. The standard InChI is InChI=1S/C22H14BrNO2/c23-17-13-10-15(11-14-17)9-12-16-5-1-4-8-20(16)24-21(25)18-6-2-3-7-19(18)22(24)26/h1-14H/b12-9+. The average molecular weight is 404 g/mol. The molecular weight excluding hydrogens is 390 g/mol. The quantitative estimate of drug-likeness (QED) is 0.432. The minimum absolute atomic E-state index is 0.282. The van der Waals surface area contributed by atoms with Crippen molar-refractivity contribution in [2.75, 3.05) is 4.90 Å². The Balaban J connectivity index is 1.72. The molecule has 4 heteroatoms. The monoisotopic (exact) mass is 403 g/mol. The van der Waals surface area contributed by atoms with Crippen molar-refractivity contribution < 1.29 is 9.59 Å². The van der Waals surface area contributed by atoms with E-state index in [-0.39, 0.29) is 11.8 Å². The smallest absolute Gasteiger partial charge is 0.266 e. The molecule has 0 radical (unpaired) electrons. The van der Waals surface area contributed by atoms with E-state index in [9.17, 15) is 9.59 Å². The summed E-state index contributed by atoms with van der Waals surface area (Å²) in [6.45, 7) is 0. The second-order valence-electron chi connectivity index (χ2n) is 5.93. The van der Waals surface area contributed by atoms with Crippen molar-refractivity contribution in [2.45, 2.75) is 0 Å². The Hall–Kier alpha value is -2.98. The lowest BCUT2D eigenvalue weighted by Crippen LogP contribution is -2.29. The van der Waals surface area contributed by atoms with E-state index in [4.69, 9.17) is 0 Å². The van der Waals surface area contributed by atoms with Crippen LogP contribution in [0.5, 0.6) is 0 Å². The number of para-hydroxylation sites is 1. The fourth-order valence-electron chi connectivity index (χ4n) is 3.00. The maximum absolute atomic E-state index is 12.7. The zero-order chi connectivity index (χ0) is 18.1. The van der Waals surface area contributed by atoms with E-state index in [2.05, 4.69) is 15.9 Å². The number of benzene rings is 3. The molecule has 4 rings (SSSR count). The molecule has 0 atom stereocenters. The molecule has 0 saturated heterocycles. The number of halogens is 1. The van der Waals surface area contributed by atoms with Crippen LogP contribution in [0, 0.1) is 0 Å². The van der Waals surface area contributed by atoms with Gasteiger partial charge < -0.3 is 0 Å². The Bertz CT molecular complexity index is 1000. The highest BCUT2D eigenvalue weighted by molar-refractivity contribution is 9.10. The Kier molecular flexibility index (Phi) is 4.27. The molecule has 3 aromatic carbocycles. The van der Waals surface area contributed by atoms with Gasteiger partial charge in [-0.15, -0.1) is 0 Å². The summed E-state index contributed by atoms with van der Waals surface area (Å²) in [5, 5.41) is 0. The first-order valence-electron chi connectivity index (χ1n) is 8.15. The first-order chi connectivity index (χ1) is 12.6. The van der Waals surface area contributed by atoms with Crippen molar-refractivity contribution in [1.82, 2.24) is 0 Å². The van der Waals surface area contributed by atoms with E-state index in [1.807, 2.05) is 54.6 Å². The molecule has 0 unspecified atom stereocenters. The van der Waals surface area contributed by atoms with Crippen molar-refractivity contribution in [3.05, 3.63) is 99.5 Å². The van der Waals surface area contributed by atoms with Gasteiger partial charge in [0, 0.05) is 4.47 Å². The zero-order valence-electron chi connectivity index (χ0n) is 13.7. The molecule has 0 N–H and O–H groups in total. The van der Waals surface area contributed by atoms with Gasteiger partial charge in [0.25, 0.3) is 11.8 Å². The summed E-state index contributed by atoms with van der Waals surface area (Å²) < 4.78 is 1.01. The molecule has 1 aliphatic heterocycles. The van der Waals surface area contributed by atoms with Gasteiger partial charge in [0.1, 0.15) is 0 Å². The van der Waals surface area contributed by atoms with Gasteiger partial charge in [0.05, 0.1) is 16.8 Å². The minimum atomic E-state index is -0.282. The summed E-state index contributed by atoms with van der Waals surface area (Å²) in [5.41, 5.74) is 3.33. The molecule has 2 amide bonds. The Morgan fingerprint density at radius 1 is 0.692 bits per heavy atom. The van der Waals surface area contributed by atoms with E-state index in [0.29, 0.717) is 16.8 Å². The number of imide groups is 1. The average Bonchev–Trinajstić information content (AvgIpc) is 2.93. The second kappa shape index (κ2) is 6.73. The van der Waals surface area contributed by atoms with Gasteiger partial charge in [-0.3, -0.25) is 9.59 Å². The summed E-state index contributed by atoms with van der Waals surface area (Å²) in [4.78, 5) is 26.8. The Morgan fingerprint density at radius 3 is 1.92 bits per heavy atom. The van der Waals surface area contributed by atoms with Crippen molar-refractivity contribution in [1.29, 1.82) is 0 Å². The maximum Gasteiger partial charge on any atom is 0.266 e. The molecule has 126 valence electrons. The highest BCUT2D eigenvalue weighted by Crippen LogP contribution is 2.31. The molecule has 0 fully saturated rings. The van der Waals surface area contributed by atoms with E-state index < -0.39 is 0 Å². The van der Waals surface area contributed by atoms with E-state index >= 15 is 0 Å². The summed E-state index contributed by atoms with van der Waals surface area (Å²) in [7, 11) is 0. The molecule has 0 aliphatic carbocycles. The SMILES string of the molecule is O=C1c2ccccc2C(=O)N1c1ccccc1/C=C/c1ccc(Br)cc1. The lowest BCUT2D eigenvalue weighted by molar-refractivity contribution is 0.0926. The minimum Gasteiger partial charge on any atom is -0.268 e. The highest BCUT2D eigenvalue weighted by atomic mass is 79.9. The largest absolute Gasteiger partial charge is 0.268 e. The van der Waals surface area contributed by atoms with E-state index in [1.54, 1.807) is 30.3 Å². The van der Waals surface area contributed by atoms with E-state index in [1.165, 1.54) is 4.90 Å². The highest BCUT2D eigenvalue weighted by Gasteiger charge is 2.36. The summed E-state index contributed by atoms with van der Waals surface area (Å²) in [6.07, 6.45) is 3.88. The normalized spacial score (nSPS) is 13.5. The van der Waals surface area contributed by atoms with Crippen LogP contribution in [0.1, 0.15) is 31.8 Å². The number of hydrogen-bond donors (Lipinski definition) is 0. The lowest BCUT2D eigenvalue weighted by atomic mass is 10.1. The summed E-state index contributed by atoms with van der Waals surface area (Å²) in [5.74, 6) is -0.565. The number of carbonyl (C=O) groups is 2. The maximum atomic E-state index is 12.7. The van der Waals surface area contributed by atoms with Crippen LogP contribution in [0.3, 0.4) is 0 Å². The van der Waals surface area contributed by atoms with Crippen LogP contribution in [0.15, 0.2) is 77.3 Å². The van der Waals surface area contributed by atoms with Gasteiger partial charge >= 0.3 is 0 Å². The number of amides is 2. The third kappa shape index (κ3) is 2.89. The van der Waals surface area contributed by atoms with Crippen LogP contribution in [-0.2, 0) is 0 Å². The predicted molar refractivity (Wildman–Crippen MR) is 107 cm³/mol. The van der Waals surface area contributed by atoms with Gasteiger partial charge in [-0.2, -0.15) is 0 Å². The van der Waals surface area contributed by atoms with Crippen LogP contribution < -0.4 is 4.90 Å². The van der Waals surface area contributed by atoms with Crippen LogP contribution >= 0.6 is 15.9 Å². The van der Waals surface area contributed by atoms with Crippen molar-refractivity contribution >= 4 is 45.6 Å². The summed E-state index contributed by atoms with van der Waals surface area (Å²) in [6, 6.07) is 22.3. The third-order valence-electron chi connectivity index (χ3n) is 4.30. The molecule has 0 aromatic heterocycles. The Labute approximate surface area is 159 Å². The molecule has 3 nitrogen and oxygen atoms in total. The third-order valence-corrected chi connectivity index (χ3v) is 4.83. The van der Waals surface area contributed by atoms with E-state index in [0.717, 1.165) is 15.6 Å². The number of hydrogen-bond acceptors (Lipinski definition) is 2. The van der Waals surface area contributed by atoms with Crippen LogP contribution in [0.4, 0.5) is 5.69 Å². The molecule has 0 saturated carbocycles. The number of fused-ring (bicyclic) bond motifs is 1. The first kappa shape index (κ1) is 16.5. The first-order valence-corrected chi connectivity index (χ1v) is 8.95. The molecular formula is C22H14BrNO2. The van der Waals surface area contributed by atoms with Gasteiger partial charge in [0.15, 0.2) is 0 Å². The number of nitrogens with zero attached hydrogens (tertiary/aromatic N) is 1. The van der Waals surface area contributed by atoms with Crippen LogP contribution in [-0.4, -0.2) is 11.8 Å². The van der Waals surface area contributed by atoms with Crippen LogP contribution in [0.25, 0.3) is 12.2 Å². The van der Waals surface area contributed by atoms with Gasteiger partial charge in [-0.25, -0.2) is 4.90 Å². The topological polar surface area (TPSA) is 37.4 Å². The number of rotatable bonds is 3. The fraction of sp³-hybridized carbons (Fsp3) is 0. The van der Waals surface area contributed by atoms with Gasteiger partial charge in [0.2, 0.25) is 0 Å². The lowest BCUT2D eigenvalue weighted by Gasteiger charge is -2.16. The number of anilines is 1. The van der Waals surface area contributed by atoms with Crippen molar-refractivity contribution in [2.24, 2.45) is 0 Å². The zero-order valence-corrected chi connectivity index (χ0v) is 15.3. The molecule has 3 aromatic rings. The Morgan fingerprint density at radius 2 is 1.27 bits per heavy atom. The second-order valence-corrected chi connectivity index (χ2v) is 6.85. The molecule has 0 spiro atoms. The fourth-order valence-corrected chi connectivity index (χ4v) is 3.26. The van der Waals surface area contributed by atoms with Crippen LogP contribution in [0.2, 0.25) is 0 Å². The van der Waals surface area contributed by atoms with Gasteiger partial charge in [-0.05, 0) is 41.5 Å². The number of carbonyl (C=O) groups excluding carboxylic acids is 2. The molecule has 26 heavy (non-hydrogen) atoms. The van der Waals surface area contributed by atoms with Gasteiger partial charge in [-0.1, -0.05) is 70.5 Å². The van der Waals surface area contributed by atoms with Crippen molar-refractivity contribution in [3.63, 3.8) is 0 Å². The van der Waals surface area contributed by atoms with Crippen molar-refractivity contribution in [3.8, 4) is 0 Å². The molecule has 1 aliphatic rings.